The Balaban J connectivity index is 1.78. The molecule has 1 N–H and O–H groups in total. The van der Waals surface area contributed by atoms with Gasteiger partial charge < -0.3 is 10.0 Å². The fourth-order valence-corrected chi connectivity index (χ4v) is 3.84. The van der Waals surface area contributed by atoms with E-state index in [0.717, 1.165) is 48.0 Å². The lowest BCUT2D eigenvalue weighted by Crippen LogP contribution is -2.36. The van der Waals surface area contributed by atoms with Crippen LogP contribution in [0.25, 0.3) is 10.8 Å². The summed E-state index contributed by atoms with van der Waals surface area (Å²) < 4.78 is 1.07. The van der Waals surface area contributed by atoms with E-state index in [2.05, 4.69) is 44.0 Å². The minimum Gasteiger partial charge on any atom is -0.480 e. The molecular weight excluding hydrogens is 370 g/mol. The number of benzene rings is 1. The Morgan fingerprint density at radius 1 is 1.38 bits per heavy atom. The summed E-state index contributed by atoms with van der Waals surface area (Å²) in [6, 6.07) is 8.62. The molecule has 1 aromatic heterocycles. The monoisotopic (exact) mass is 391 g/mol. The van der Waals surface area contributed by atoms with Crippen LogP contribution in [-0.2, 0) is 4.79 Å². The van der Waals surface area contributed by atoms with Gasteiger partial charge in [-0.2, -0.15) is 0 Å². The largest absolute Gasteiger partial charge is 0.480 e. The maximum atomic E-state index is 10.9. The molecule has 3 rings (SSSR count). The third-order valence-corrected chi connectivity index (χ3v) is 5.20. The van der Waals surface area contributed by atoms with Gasteiger partial charge >= 0.3 is 5.97 Å². The smallest absolute Gasteiger partial charge is 0.317 e. The SMILES string of the molecule is CN(CC(=O)O)C1CCCN(c2nccc3cc(Br)ccc23)CC1. The Bertz CT molecular complexity index is 737. The molecule has 1 fully saturated rings. The van der Waals surface area contributed by atoms with Crippen molar-refractivity contribution in [2.24, 2.45) is 0 Å². The third kappa shape index (κ3) is 3.87. The van der Waals surface area contributed by atoms with Crippen LogP contribution in [0, 0.1) is 0 Å². The molecule has 1 saturated heterocycles. The number of aliphatic carboxylic acids is 1. The van der Waals surface area contributed by atoms with Crippen molar-refractivity contribution in [3.63, 3.8) is 0 Å². The second kappa shape index (κ2) is 7.49. The van der Waals surface area contributed by atoms with Gasteiger partial charge in [-0.3, -0.25) is 9.69 Å². The molecule has 6 heteroatoms. The summed E-state index contributed by atoms with van der Waals surface area (Å²) in [5.41, 5.74) is 0. The summed E-state index contributed by atoms with van der Waals surface area (Å²) in [4.78, 5) is 19.9. The summed E-state index contributed by atoms with van der Waals surface area (Å²) in [6.07, 6.45) is 4.89. The van der Waals surface area contributed by atoms with Crippen molar-refractivity contribution in [1.82, 2.24) is 9.88 Å². The molecule has 2 heterocycles. The maximum Gasteiger partial charge on any atom is 0.317 e. The molecule has 24 heavy (non-hydrogen) atoms. The quantitative estimate of drug-likeness (QED) is 0.865. The van der Waals surface area contributed by atoms with Crippen molar-refractivity contribution in [3.8, 4) is 0 Å². The lowest BCUT2D eigenvalue weighted by Gasteiger charge is -2.26. The zero-order valence-electron chi connectivity index (χ0n) is 13.8. The van der Waals surface area contributed by atoms with Gasteiger partial charge in [-0.05, 0) is 56.0 Å². The van der Waals surface area contributed by atoms with Crippen LogP contribution in [0.15, 0.2) is 34.9 Å². The Morgan fingerprint density at radius 2 is 2.21 bits per heavy atom. The number of carboxylic acid groups (broad SMARTS) is 1. The van der Waals surface area contributed by atoms with Crippen LogP contribution < -0.4 is 4.90 Å². The zero-order chi connectivity index (χ0) is 17.1. The van der Waals surface area contributed by atoms with Crippen LogP contribution in [0.2, 0.25) is 0 Å². The number of hydrogen-bond acceptors (Lipinski definition) is 4. The number of hydrogen-bond donors (Lipinski definition) is 1. The van der Waals surface area contributed by atoms with Gasteiger partial charge in [-0.1, -0.05) is 15.9 Å². The summed E-state index contributed by atoms with van der Waals surface area (Å²) in [7, 11) is 1.90. The Morgan fingerprint density at radius 3 is 3.00 bits per heavy atom. The van der Waals surface area contributed by atoms with E-state index >= 15 is 0 Å². The van der Waals surface area contributed by atoms with Gasteiger partial charge in [-0.15, -0.1) is 0 Å². The highest BCUT2D eigenvalue weighted by molar-refractivity contribution is 9.10. The first-order valence-electron chi connectivity index (χ1n) is 8.26. The highest BCUT2D eigenvalue weighted by atomic mass is 79.9. The maximum absolute atomic E-state index is 10.9. The van der Waals surface area contributed by atoms with Gasteiger partial charge in [0.25, 0.3) is 0 Å². The van der Waals surface area contributed by atoms with Crippen LogP contribution in [-0.4, -0.2) is 53.7 Å². The number of rotatable bonds is 4. The van der Waals surface area contributed by atoms with Crippen molar-refractivity contribution >= 4 is 38.5 Å². The molecule has 0 saturated carbocycles. The second-order valence-corrected chi connectivity index (χ2v) is 7.30. The highest BCUT2D eigenvalue weighted by Crippen LogP contribution is 2.29. The minimum absolute atomic E-state index is 0.102. The summed E-state index contributed by atoms with van der Waals surface area (Å²) in [5, 5.41) is 11.3. The number of halogens is 1. The molecule has 2 aromatic rings. The predicted molar refractivity (Wildman–Crippen MR) is 99.6 cm³/mol. The molecule has 0 spiro atoms. The van der Waals surface area contributed by atoms with E-state index in [1.54, 1.807) is 0 Å². The molecule has 128 valence electrons. The van der Waals surface area contributed by atoms with E-state index < -0.39 is 5.97 Å². The van der Waals surface area contributed by atoms with E-state index in [4.69, 9.17) is 5.11 Å². The highest BCUT2D eigenvalue weighted by Gasteiger charge is 2.23. The summed E-state index contributed by atoms with van der Waals surface area (Å²) in [5.74, 6) is 0.265. The number of carbonyl (C=O) groups is 1. The van der Waals surface area contributed by atoms with Crippen LogP contribution in [0.4, 0.5) is 5.82 Å². The van der Waals surface area contributed by atoms with Gasteiger partial charge in [0.15, 0.2) is 0 Å². The van der Waals surface area contributed by atoms with E-state index in [1.165, 1.54) is 5.39 Å². The Kier molecular flexibility index (Phi) is 5.36. The average Bonchev–Trinajstić information content (AvgIpc) is 2.79. The zero-order valence-corrected chi connectivity index (χ0v) is 15.4. The van der Waals surface area contributed by atoms with Crippen molar-refractivity contribution in [2.45, 2.75) is 25.3 Å². The fraction of sp³-hybridized carbons (Fsp3) is 0.444. The first-order valence-corrected chi connectivity index (χ1v) is 9.05. The first kappa shape index (κ1) is 17.2. The molecule has 1 unspecified atom stereocenters. The van der Waals surface area contributed by atoms with Gasteiger partial charge in [-0.25, -0.2) is 4.98 Å². The molecule has 1 aromatic carbocycles. The van der Waals surface area contributed by atoms with Crippen molar-refractivity contribution < 1.29 is 9.90 Å². The molecule has 0 aliphatic carbocycles. The van der Waals surface area contributed by atoms with Crippen LogP contribution in [0.1, 0.15) is 19.3 Å². The van der Waals surface area contributed by atoms with Crippen LogP contribution in [0.3, 0.4) is 0 Å². The minimum atomic E-state index is -0.764. The van der Waals surface area contributed by atoms with Gasteiger partial charge in [0.1, 0.15) is 5.82 Å². The predicted octanol–water partition coefficient (Wildman–Crippen LogP) is 3.37. The molecule has 5 nitrogen and oxygen atoms in total. The molecule has 1 atom stereocenters. The first-order chi connectivity index (χ1) is 11.5. The number of fused-ring (bicyclic) bond motifs is 1. The van der Waals surface area contributed by atoms with Gasteiger partial charge in [0, 0.05) is 35.2 Å². The molecule has 0 bridgehead atoms. The lowest BCUT2D eigenvalue weighted by molar-refractivity contribution is -0.138. The number of pyridine rings is 1. The van der Waals surface area contributed by atoms with Crippen LogP contribution in [0.5, 0.6) is 0 Å². The fourth-order valence-electron chi connectivity index (χ4n) is 3.46. The topological polar surface area (TPSA) is 56.7 Å². The summed E-state index contributed by atoms with van der Waals surface area (Å²) >= 11 is 3.52. The second-order valence-electron chi connectivity index (χ2n) is 6.38. The van der Waals surface area contributed by atoms with Gasteiger partial charge in [0.05, 0.1) is 6.54 Å². The van der Waals surface area contributed by atoms with E-state index in [-0.39, 0.29) is 6.54 Å². The Labute approximate surface area is 150 Å². The van der Waals surface area contributed by atoms with E-state index in [1.807, 2.05) is 24.2 Å². The number of aromatic nitrogens is 1. The standard InChI is InChI=1S/C18H22BrN3O2/c1-21(12-17(23)24)15-3-2-9-22(10-7-15)18-16-5-4-14(19)11-13(16)6-8-20-18/h4-6,8,11,15H,2-3,7,9-10,12H2,1H3,(H,23,24). The molecule has 1 aliphatic heterocycles. The van der Waals surface area contributed by atoms with E-state index in [0.29, 0.717) is 6.04 Å². The van der Waals surface area contributed by atoms with Crippen molar-refractivity contribution in [1.29, 1.82) is 0 Å². The van der Waals surface area contributed by atoms with Crippen LogP contribution >= 0.6 is 15.9 Å². The van der Waals surface area contributed by atoms with Crippen molar-refractivity contribution in [2.75, 3.05) is 31.6 Å². The molecule has 1 aliphatic rings. The van der Waals surface area contributed by atoms with E-state index in [9.17, 15) is 4.79 Å². The third-order valence-electron chi connectivity index (χ3n) is 4.71. The number of likely N-dealkylation sites (N-methyl/N-ethyl adjacent to an activating group) is 1. The average molecular weight is 392 g/mol. The number of nitrogens with zero attached hydrogens (tertiary/aromatic N) is 3. The number of anilines is 1. The van der Waals surface area contributed by atoms with Gasteiger partial charge in [0.2, 0.25) is 0 Å². The summed E-state index contributed by atoms with van der Waals surface area (Å²) in [6.45, 7) is 1.96. The Hall–Kier alpha value is -1.66. The van der Waals surface area contributed by atoms with Crippen molar-refractivity contribution in [3.05, 3.63) is 34.9 Å². The molecular formula is C18H22BrN3O2. The molecule has 0 radical (unpaired) electrons. The normalized spacial score (nSPS) is 18.8. The number of carboxylic acids is 1. The lowest BCUT2D eigenvalue weighted by atomic mass is 10.1. The molecule has 0 amide bonds.